The van der Waals surface area contributed by atoms with Gasteiger partial charge in [-0.2, -0.15) is 0 Å². The molecule has 4 aromatic rings. The van der Waals surface area contributed by atoms with Gasteiger partial charge in [0.25, 0.3) is 5.56 Å². The van der Waals surface area contributed by atoms with Gasteiger partial charge in [-0.05, 0) is 73.6 Å². The molecule has 1 aliphatic rings. The van der Waals surface area contributed by atoms with Gasteiger partial charge in [-0.1, -0.05) is 6.07 Å². The summed E-state index contributed by atoms with van der Waals surface area (Å²) in [6, 6.07) is 13.4. The molecule has 0 saturated heterocycles. The molecule has 5 rings (SSSR count). The van der Waals surface area contributed by atoms with Gasteiger partial charge in [-0.3, -0.25) is 19.4 Å². The van der Waals surface area contributed by atoms with Crippen LogP contribution in [-0.4, -0.2) is 41.1 Å². The van der Waals surface area contributed by atoms with Crippen molar-refractivity contribution in [2.45, 2.75) is 19.5 Å². The average Bonchev–Trinajstić information content (AvgIpc) is 3.43. The zero-order chi connectivity index (χ0) is 27.5. The number of amides is 1. The number of anilines is 1. The third kappa shape index (κ3) is 5.41. The summed E-state index contributed by atoms with van der Waals surface area (Å²) in [4.78, 5) is 43.5. The maximum Gasteiger partial charge on any atom is 0.275 e. The SMILES string of the molecule is CNC(C)C(=O)Nc1c(-c2ccc3c(c2)OCO3)ccn(Cc2cncc(C(=O)c3ccc(F)cc3)c2)c1=O. The maximum absolute atomic E-state index is 13.7. The minimum Gasteiger partial charge on any atom is -0.454 e. The van der Waals surface area contributed by atoms with Crippen LogP contribution >= 0.6 is 0 Å². The molecule has 1 unspecified atom stereocenters. The summed E-state index contributed by atoms with van der Waals surface area (Å²) >= 11 is 0. The lowest BCUT2D eigenvalue weighted by molar-refractivity contribution is -0.117. The number of nitrogens with zero attached hydrogens (tertiary/aromatic N) is 2. The van der Waals surface area contributed by atoms with Crippen molar-refractivity contribution in [1.82, 2.24) is 14.9 Å². The van der Waals surface area contributed by atoms with Crippen molar-refractivity contribution < 1.29 is 23.5 Å². The normalized spacial score (nSPS) is 12.7. The average molecular weight is 529 g/mol. The molecule has 0 spiro atoms. The second-order valence-electron chi connectivity index (χ2n) is 9.02. The van der Waals surface area contributed by atoms with E-state index in [9.17, 15) is 18.8 Å². The Labute approximate surface area is 223 Å². The van der Waals surface area contributed by atoms with Gasteiger partial charge in [0.15, 0.2) is 17.3 Å². The van der Waals surface area contributed by atoms with E-state index in [0.717, 1.165) is 0 Å². The fourth-order valence-corrected chi connectivity index (χ4v) is 4.15. The van der Waals surface area contributed by atoms with Crippen LogP contribution in [0.25, 0.3) is 11.1 Å². The van der Waals surface area contributed by atoms with E-state index in [0.29, 0.717) is 39.3 Å². The molecule has 1 atom stereocenters. The van der Waals surface area contributed by atoms with Crippen LogP contribution in [0.15, 0.2) is 78.0 Å². The molecular formula is C29H25FN4O5. The van der Waals surface area contributed by atoms with Crippen molar-refractivity contribution >= 4 is 17.4 Å². The summed E-state index contributed by atoms with van der Waals surface area (Å²) in [7, 11) is 1.65. The highest BCUT2D eigenvalue weighted by Crippen LogP contribution is 2.37. The van der Waals surface area contributed by atoms with E-state index in [1.165, 1.54) is 35.0 Å². The van der Waals surface area contributed by atoms with Crippen LogP contribution in [0.4, 0.5) is 10.1 Å². The summed E-state index contributed by atoms with van der Waals surface area (Å²) < 4.78 is 25.6. The van der Waals surface area contributed by atoms with E-state index in [4.69, 9.17) is 9.47 Å². The van der Waals surface area contributed by atoms with Crippen molar-refractivity contribution in [1.29, 1.82) is 0 Å². The van der Waals surface area contributed by atoms with Gasteiger partial charge in [-0.15, -0.1) is 0 Å². The van der Waals surface area contributed by atoms with Crippen LogP contribution in [0.2, 0.25) is 0 Å². The van der Waals surface area contributed by atoms with E-state index < -0.39 is 17.4 Å². The number of aromatic nitrogens is 2. The lowest BCUT2D eigenvalue weighted by atomic mass is 10.0. The molecular weight excluding hydrogens is 503 g/mol. The number of benzene rings is 2. The van der Waals surface area contributed by atoms with Crippen LogP contribution in [0.3, 0.4) is 0 Å². The zero-order valence-corrected chi connectivity index (χ0v) is 21.2. The highest BCUT2D eigenvalue weighted by molar-refractivity contribution is 6.08. The predicted molar refractivity (Wildman–Crippen MR) is 143 cm³/mol. The topological polar surface area (TPSA) is 112 Å². The highest BCUT2D eigenvalue weighted by Gasteiger charge is 2.21. The molecule has 39 heavy (non-hydrogen) atoms. The van der Waals surface area contributed by atoms with Crippen molar-refractivity contribution in [3.63, 3.8) is 0 Å². The Bertz CT molecular complexity index is 1620. The minimum atomic E-state index is -0.541. The van der Waals surface area contributed by atoms with Gasteiger partial charge in [0.2, 0.25) is 12.7 Å². The summed E-state index contributed by atoms with van der Waals surface area (Å²) in [5, 5.41) is 5.64. The maximum atomic E-state index is 13.7. The Hall–Kier alpha value is -4.83. The lowest BCUT2D eigenvalue weighted by Gasteiger charge is -2.17. The third-order valence-electron chi connectivity index (χ3n) is 6.44. The number of carbonyl (C=O) groups is 2. The van der Waals surface area contributed by atoms with Crippen molar-refractivity contribution in [3.8, 4) is 22.6 Å². The van der Waals surface area contributed by atoms with E-state index in [1.807, 2.05) is 0 Å². The molecule has 0 radical (unpaired) electrons. The standard InChI is InChI=1S/C29H25FN4O5/c1-17(31-2)28(36)33-26-23(20-5-8-24-25(12-20)39-16-38-24)9-10-34(29(26)37)15-18-11-21(14-32-13-18)27(35)19-3-6-22(30)7-4-19/h3-14,17,31H,15-16H2,1-2H3,(H,33,36). The smallest absolute Gasteiger partial charge is 0.275 e. The Morgan fingerprint density at radius 1 is 1.03 bits per heavy atom. The molecule has 2 aromatic carbocycles. The summed E-state index contributed by atoms with van der Waals surface area (Å²) in [6.45, 7) is 1.90. The molecule has 2 N–H and O–H groups in total. The second kappa shape index (κ2) is 10.9. The van der Waals surface area contributed by atoms with Gasteiger partial charge < -0.3 is 24.7 Å². The summed E-state index contributed by atoms with van der Waals surface area (Å²) in [5.74, 6) is 0.0241. The molecule has 0 aliphatic carbocycles. The first-order valence-corrected chi connectivity index (χ1v) is 12.2. The number of fused-ring (bicyclic) bond motifs is 1. The number of ether oxygens (including phenoxy) is 2. The molecule has 0 bridgehead atoms. The Kier molecular flexibility index (Phi) is 7.20. The molecule has 198 valence electrons. The van der Waals surface area contributed by atoms with Gasteiger partial charge in [0.1, 0.15) is 11.5 Å². The molecule has 3 heterocycles. The molecule has 0 saturated carbocycles. The first-order chi connectivity index (χ1) is 18.8. The van der Waals surface area contributed by atoms with Gasteiger partial charge in [0.05, 0.1) is 12.6 Å². The lowest BCUT2D eigenvalue weighted by Crippen LogP contribution is -2.37. The van der Waals surface area contributed by atoms with Crippen LogP contribution in [-0.2, 0) is 11.3 Å². The van der Waals surface area contributed by atoms with Crippen molar-refractivity contribution in [3.05, 3.63) is 106 Å². The van der Waals surface area contributed by atoms with Gasteiger partial charge >= 0.3 is 0 Å². The molecule has 2 aromatic heterocycles. The van der Waals surface area contributed by atoms with Gasteiger partial charge in [0, 0.05) is 35.3 Å². The van der Waals surface area contributed by atoms with Crippen molar-refractivity contribution in [2.24, 2.45) is 0 Å². The molecule has 10 heteroatoms. The fraction of sp³-hybridized carbons (Fsp3) is 0.172. The van der Waals surface area contributed by atoms with E-state index in [-0.39, 0.29) is 30.7 Å². The first-order valence-electron chi connectivity index (χ1n) is 12.2. The summed E-state index contributed by atoms with van der Waals surface area (Å²) in [5.41, 5.74) is 2.09. The quantitative estimate of drug-likeness (QED) is 0.336. The monoisotopic (exact) mass is 528 g/mol. The van der Waals surface area contributed by atoms with E-state index >= 15 is 0 Å². The zero-order valence-electron chi connectivity index (χ0n) is 21.2. The second-order valence-corrected chi connectivity index (χ2v) is 9.02. The largest absolute Gasteiger partial charge is 0.454 e. The van der Waals surface area contributed by atoms with E-state index in [2.05, 4.69) is 15.6 Å². The number of hydrogen-bond donors (Lipinski definition) is 2. The number of rotatable bonds is 8. The predicted octanol–water partition coefficient (Wildman–Crippen LogP) is 3.60. The molecule has 0 fully saturated rings. The summed E-state index contributed by atoms with van der Waals surface area (Å²) in [6.07, 6.45) is 4.60. The van der Waals surface area contributed by atoms with Crippen LogP contribution in [0.1, 0.15) is 28.4 Å². The molecule has 9 nitrogen and oxygen atoms in total. The number of pyridine rings is 2. The number of carbonyl (C=O) groups excluding carboxylic acids is 2. The molecule has 1 amide bonds. The molecule has 1 aliphatic heterocycles. The van der Waals surface area contributed by atoms with Crippen LogP contribution < -0.4 is 25.7 Å². The third-order valence-corrected chi connectivity index (χ3v) is 6.44. The van der Waals surface area contributed by atoms with Gasteiger partial charge in [-0.25, -0.2) is 4.39 Å². The fourth-order valence-electron chi connectivity index (χ4n) is 4.15. The van der Waals surface area contributed by atoms with Crippen LogP contribution in [0, 0.1) is 5.82 Å². The first kappa shape index (κ1) is 25.8. The number of hydrogen-bond acceptors (Lipinski definition) is 7. The van der Waals surface area contributed by atoms with Crippen molar-refractivity contribution in [2.75, 3.05) is 19.2 Å². The highest BCUT2D eigenvalue weighted by atomic mass is 19.1. The van der Waals surface area contributed by atoms with Crippen LogP contribution in [0.5, 0.6) is 11.5 Å². The Morgan fingerprint density at radius 2 is 1.79 bits per heavy atom. The Balaban J connectivity index is 1.49. The number of ketones is 1. The minimum absolute atomic E-state index is 0.0994. The number of nitrogens with one attached hydrogen (secondary N) is 2. The number of halogens is 1. The number of likely N-dealkylation sites (N-methyl/N-ethyl adjacent to an activating group) is 1. The Morgan fingerprint density at radius 3 is 2.56 bits per heavy atom. The van der Waals surface area contributed by atoms with E-state index in [1.54, 1.807) is 56.7 Å².